The first-order valence-electron chi connectivity index (χ1n) is 10.4. The predicted octanol–water partition coefficient (Wildman–Crippen LogP) is 3.48. The predicted molar refractivity (Wildman–Crippen MR) is 119 cm³/mol. The number of hydrogen-bond donors (Lipinski definition) is 1. The lowest BCUT2D eigenvalue weighted by molar-refractivity contribution is -0.148. The summed E-state index contributed by atoms with van der Waals surface area (Å²) >= 11 is 0. The summed E-state index contributed by atoms with van der Waals surface area (Å²) in [5.41, 5.74) is 3.43. The number of hydrogen-bond acceptors (Lipinski definition) is 4. The summed E-state index contributed by atoms with van der Waals surface area (Å²) in [7, 11) is 1.27. The molecule has 0 bridgehead atoms. The number of esters is 1. The first kappa shape index (κ1) is 20.0. The lowest BCUT2D eigenvalue weighted by Gasteiger charge is -2.43. The van der Waals surface area contributed by atoms with Crippen LogP contribution < -0.4 is 5.32 Å². The monoisotopic (exact) mass is 426 g/mol. The zero-order valence-electron chi connectivity index (χ0n) is 17.7. The molecule has 3 aromatic rings. The molecule has 5 rings (SSSR count). The fourth-order valence-electron chi connectivity index (χ4n) is 5.21. The van der Waals surface area contributed by atoms with E-state index in [2.05, 4.69) is 5.32 Å². The number of methoxy groups -OCH3 is 1. The molecule has 1 N–H and O–H groups in total. The molecular weight excluding hydrogens is 404 g/mol. The smallest absolute Gasteiger partial charge is 0.331 e. The Kier molecular flexibility index (Phi) is 4.59. The van der Waals surface area contributed by atoms with Crippen LogP contribution in [0.4, 0.5) is 4.79 Å². The number of carbonyl (C=O) groups excluding carboxylic acids is 3. The van der Waals surface area contributed by atoms with Crippen LogP contribution in [0.25, 0.3) is 11.1 Å². The van der Waals surface area contributed by atoms with Crippen LogP contribution in [0, 0.1) is 0 Å². The molecule has 0 spiro atoms. The van der Waals surface area contributed by atoms with Crippen molar-refractivity contribution in [2.24, 2.45) is 0 Å². The summed E-state index contributed by atoms with van der Waals surface area (Å²) in [6.07, 6.45) is 0. The zero-order chi connectivity index (χ0) is 22.5. The summed E-state index contributed by atoms with van der Waals surface area (Å²) in [6, 6.07) is 22.7. The minimum atomic E-state index is -1.12. The van der Waals surface area contributed by atoms with Crippen molar-refractivity contribution in [3.8, 4) is 11.1 Å². The number of ketones is 1. The second kappa shape index (κ2) is 7.34. The van der Waals surface area contributed by atoms with Gasteiger partial charge >= 0.3 is 12.0 Å². The van der Waals surface area contributed by atoms with Crippen LogP contribution in [0.15, 0.2) is 78.9 Å². The first-order chi connectivity index (χ1) is 15.5. The molecule has 2 aliphatic rings. The fourth-order valence-corrected chi connectivity index (χ4v) is 5.21. The molecule has 2 amide bonds. The van der Waals surface area contributed by atoms with Crippen LogP contribution in [0.5, 0.6) is 0 Å². The van der Waals surface area contributed by atoms with E-state index in [1.807, 2.05) is 78.9 Å². The van der Waals surface area contributed by atoms with E-state index in [1.54, 1.807) is 0 Å². The Morgan fingerprint density at radius 1 is 0.875 bits per heavy atom. The Hall–Kier alpha value is -3.93. The molecule has 3 aromatic carbocycles. The van der Waals surface area contributed by atoms with Gasteiger partial charge in [-0.05, 0) is 34.7 Å². The number of fused-ring (bicyclic) bond motifs is 3. The molecule has 1 fully saturated rings. The highest BCUT2D eigenvalue weighted by atomic mass is 16.5. The molecule has 32 heavy (non-hydrogen) atoms. The van der Waals surface area contributed by atoms with Crippen molar-refractivity contribution < 1.29 is 19.1 Å². The van der Waals surface area contributed by atoms with Gasteiger partial charge in [-0.2, -0.15) is 0 Å². The molecule has 1 saturated heterocycles. The third kappa shape index (κ3) is 2.56. The quantitative estimate of drug-likeness (QED) is 0.648. The van der Waals surface area contributed by atoms with E-state index in [1.165, 1.54) is 18.9 Å². The van der Waals surface area contributed by atoms with Crippen molar-refractivity contribution in [2.45, 2.75) is 24.5 Å². The summed E-state index contributed by atoms with van der Waals surface area (Å²) in [5.74, 6) is -0.945. The van der Waals surface area contributed by atoms with Crippen LogP contribution in [0.3, 0.4) is 0 Å². The Morgan fingerprint density at radius 2 is 1.41 bits per heavy atom. The maximum Gasteiger partial charge on any atom is 0.331 e. The lowest BCUT2D eigenvalue weighted by atomic mass is 9.78. The van der Waals surface area contributed by atoms with Crippen molar-refractivity contribution in [2.75, 3.05) is 7.11 Å². The van der Waals surface area contributed by atoms with E-state index in [0.29, 0.717) is 0 Å². The number of carbonyl (C=O) groups is 3. The summed E-state index contributed by atoms with van der Waals surface area (Å²) in [5, 5.41) is 2.74. The van der Waals surface area contributed by atoms with Crippen molar-refractivity contribution in [3.63, 3.8) is 0 Å². The van der Waals surface area contributed by atoms with E-state index in [9.17, 15) is 14.4 Å². The number of urea groups is 1. The largest absolute Gasteiger partial charge is 0.467 e. The zero-order valence-corrected chi connectivity index (χ0v) is 17.7. The molecule has 0 unspecified atom stereocenters. The van der Waals surface area contributed by atoms with Gasteiger partial charge < -0.3 is 10.1 Å². The van der Waals surface area contributed by atoms with E-state index >= 15 is 0 Å². The van der Waals surface area contributed by atoms with Gasteiger partial charge in [0.15, 0.2) is 11.8 Å². The number of rotatable bonds is 4. The van der Waals surface area contributed by atoms with Gasteiger partial charge in [0.05, 0.1) is 7.11 Å². The second-order valence-corrected chi connectivity index (χ2v) is 8.04. The highest BCUT2D eigenvalue weighted by Crippen LogP contribution is 2.55. The highest BCUT2D eigenvalue weighted by molar-refractivity contribution is 6.00. The Morgan fingerprint density at radius 3 is 1.94 bits per heavy atom. The Labute approximate surface area is 185 Å². The van der Waals surface area contributed by atoms with Crippen molar-refractivity contribution in [3.05, 3.63) is 95.6 Å². The van der Waals surface area contributed by atoms with Crippen LogP contribution in [-0.2, 0) is 19.9 Å². The molecule has 1 aliphatic heterocycles. The van der Waals surface area contributed by atoms with E-state index < -0.39 is 29.6 Å². The number of Topliss-reactive ketones (excluding diaryl/α,β-unsaturated/α-hetero) is 1. The molecule has 6 nitrogen and oxygen atoms in total. The Balaban J connectivity index is 1.90. The van der Waals surface area contributed by atoms with Crippen molar-refractivity contribution in [1.82, 2.24) is 10.2 Å². The molecule has 1 heterocycles. The molecule has 1 aliphatic carbocycles. The number of benzene rings is 3. The van der Waals surface area contributed by atoms with Gasteiger partial charge in [0.2, 0.25) is 0 Å². The minimum Gasteiger partial charge on any atom is -0.467 e. The minimum absolute atomic E-state index is 0.306. The maximum atomic E-state index is 13.6. The fraction of sp³-hybridized carbons (Fsp3) is 0.192. The number of nitrogens with one attached hydrogen (secondary N) is 1. The highest BCUT2D eigenvalue weighted by Gasteiger charge is 2.60. The number of amides is 2. The van der Waals surface area contributed by atoms with Gasteiger partial charge in [0.25, 0.3) is 0 Å². The molecule has 6 heteroatoms. The topological polar surface area (TPSA) is 75.7 Å². The van der Waals surface area contributed by atoms with E-state index in [-0.39, 0.29) is 5.78 Å². The van der Waals surface area contributed by atoms with Gasteiger partial charge in [0, 0.05) is 0 Å². The van der Waals surface area contributed by atoms with Crippen LogP contribution in [0.2, 0.25) is 0 Å². The average Bonchev–Trinajstić information content (AvgIpc) is 3.32. The molecule has 2 atom stereocenters. The summed E-state index contributed by atoms with van der Waals surface area (Å²) in [6.45, 7) is 1.37. The summed E-state index contributed by atoms with van der Waals surface area (Å²) in [4.78, 5) is 40.6. The van der Waals surface area contributed by atoms with Gasteiger partial charge in [-0.3, -0.25) is 9.69 Å². The van der Waals surface area contributed by atoms with Gasteiger partial charge in [-0.1, -0.05) is 78.9 Å². The van der Waals surface area contributed by atoms with E-state index in [0.717, 1.165) is 27.8 Å². The average molecular weight is 426 g/mol. The number of ether oxygens (including phenoxy) is 1. The Bertz CT molecular complexity index is 1190. The lowest BCUT2D eigenvalue weighted by Crippen LogP contribution is -2.56. The molecular formula is C26H22N2O4. The van der Waals surface area contributed by atoms with Crippen LogP contribution >= 0.6 is 0 Å². The van der Waals surface area contributed by atoms with Crippen LogP contribution in [0.1, 0.15) is 23.6 Å². The first-order valence-corrected chi connectivity index (χ1v) is 10.4. The van der Waals surface area contributed by atoms with Crippen LogP contribution in [-0.4, -0.2) is 41.9 Å². The molecule has 0 saturated carbocycles. The third-order valence-electron chi connectivity index (χ3n) is 6.45. The maximum absolute atomic E-state index is 13.6. The van der Waals surface area contributed by atoms with Crippen molar-refractivity contribution >= 4 is 17.8 Å². The number of nitrogens with zero attached hydrogens (tertiary/aromatic N) is 1. The molecule has 0 aromatic heterocycles. The standard InChI is InChI=1S/C26H22N2O4/c1-16(29)22-23(24(30)32-2)28(25(31)27-22)26(17-10-4-3-5-11-17)20-14-8-6-12-18(20)19-13-7-9-15-21(19)26/h3-15,22-23H,1-2H3,(H,27,31)/t22-,23+/m1/s1. The molecule has 0 radical (unpaired) electrons. The summed E-state index contributed by atoms with van der Waals surface area (Å²) < 4.78 is 5.08. The van der Waals surface area contributed by atoms with Gasteiger partial charge in [-0.25, -0.2) is 9.59 Å². The van der Waals surface area contributed by atoms with Gasteiger partial charge in [0.1, 0.15) is 11.6 Å². The molecule has 160 valence electrons. The second-order valence-electron chi connectivity index (χ2n) is 8.04. The normalized spacial score (nSPS) is 20.3. The van der Waals surface area contributed by atoms with Gasteiger partial charge in [-0.15, -0.1) is 0 Å². The third-order valence-corrected chi connectivity index (χ3v) is 6.45. The van der Waals surface area contributed by atoms with E-state index in [4.69, 9.17) is 4.74 Å². The SMILES string of the molecule is COC(=O)[C@@H]1[C@@H](C(C)=O)NC(=O)N1C1(c2ccccc2)c2ccccc2-c2ccccc21. The van der Waals surface area contributed by atoms with Crippen molar-refractivity contribution in [1.29, 1.82) is 0 Å².